The molecule has 0 bridgehead atoms. The van der Waals surface area contributed by atoms with E-state index in [1.807, 2.05) is 0 Å². The molecule has 2 aromatic rings. The maximum Gasteiger partial charge on any atom is 0.282 e. The molecule has 1 aromatic heterocycles. The summed E-state index contributed by atoms with van der Waals surface area (Å²) in [6.45, 7) is 0.981. The second kappa shape index (κ2) is 7.87. The Morgan fingerprint density at radius 3 is 2.91 bits per heavy atom. The van der Waals surface area contributed by atoms with Gasteiger partial charge in [0.25, 0.3) is 11.5 Å². The highest BCUT2D eigenvalue weighted by Gasteiger charge is 2.07. The largest absolute Gasteiger partial charge is 0.383 e. The number of benzene rings is 1. The van der Waals surface area contributed by atoms with Gasteiger partial charge < -0.3 is 10.6 Å². The molecule has 0 unspecified atom stereocenters. The number of aromatic nitrogens is 2. The molecule has 0 spiro atoms. The van der Waals surface area contributed by atoms with E-state index in [9.17, 15) is 14.0 Å². The molecule has 0 saturated heterocycles. The number of anilines is 1. The van der Waals surface area contributed by atoms with Crippen LogP contribution in [0.3, 0.4) is 0 Å². The highest BCUT2D eigenvalue weighted by Crippen LogP contribution is 2.15. The zero-order chi connectivity index (χ0) is 16.8. The van der Waals surface area contributed by atoms with Gasteiger partial charge in [0.2, 0.25) is 0 Å². The fourth-order valence-electron chi connectivity index (χ4n) is 1.88. The number of halogens is 2. The number of amides is 1. The van der Waals surface area contributed by atoms with Gasteiger partial charge in [-0.1, -0.05) is 6.07 Å². The molecule has 0 aliphatic heterocycles. The van der Waals surface area contributed by atoms with Crippen molar-refractivity contribution in [2.75, 3.05) is 18.4 Å². The SMILES string of the molecule is Cn1ncc(NCCCNC(=O)c2cccc(F)c2)c(Br)c1=O. The van der Waals surface area contributed by atoms with Crippen molar-refractivity contribution in [1.29, 1.82) is 0 Å². The number of hydrogen-bond donors (Lipinski definition) is 2. The first-order valence-electron chi connectivity index (χ1n) is 6.98. The van der Waals surface area contributed by atoms with Crippen LogP contribution >= 0.6 is 15.9 Å². The van der Waals surface area contributed by atoms with Crippen LogP contribution in [0.2, 0.25) is 0 Å². The first-order valence-corrected chi connectivity index (χ1v) is 7.78. The average Bonchev–Trinajstić information content (AvgIpc) is 2.54. The predicted octanol–water partition coefficient (Wildman–Crippen LogP) is 1.91. The molecule has 122 valence electrons. The second-order valence-corrected chi connectivity index (χ2v) is 5.64. The van der Waals surface area contributed by atoms with Crippen LogP contribution in [0.15, 0.2) is 39.7 Å². The number of rotatable bonds is 6. The van der Waals surface area contributed by atoms with Crippen LogP contribution in [0.4, 0.5) is 10.1 Å². The van der Waals surface area contributed by atoms with Crippen molar-refractivity contribution >= 4 is 27.5 Å². The molecule has 1 heterocycles. The van der Waals surface area contributed by atoms with Gasteiger partial charge >= 0.3 is 0 Å². The molecule has 0 aliphatic rings. The van der Waals surface area contributed by atoms with Gasteiger partial charge in [0, 0.05) is 25.7 Å². The fourth-order valence-corrected chi connectivity index (χ4v) is 2.38. The minimum absolute atomic E-state index is 0.227. The number of carbonyl (C=O) groups is 1. The Morgan fingerprint density at radius 2 is 2.17 bits per heavy atom. The lowest BCUT2D eigenvalue weighted by atomic mass is 10.2. The quantitative estimate of drug-likeness (QED) is 0.748. The van der Waals surface area contributed by atoms with E-state index in [2.05, 4.69) is 31.7 Å². The minimum Gasteiger partial charge on any atom is -0.383 e. The number of carbonyl (C=O) groups excluding carboxylic acids is 1. The van der Waals surface area contributed by atoms with Crippen LogP contribution in [-0.4, -0.2) is 28.8 Å². The lowest BCUT2D eigenvalue weighted by Crippen LogP contribution is -2.26. The fraction of sp³-hybridized carbons (Fsp3) is 0.267. The smallest absolute Gasteiger partial charge is 0.282 e. The van der Waals surface area contributed by atoms with Crippen molar-refractivity contribution in [3.05, 3.63) is 56.7 Å². The summed E-state index contributed by atoms with van der Waals surface area (Å²) in [5.41, 5.74) is 0.662. The Labute approximate surface area is 140 Å². The summed E-state index contributed by atoms with van der Waals surface area (Å²) in [4.78, 5) is 23.5. The Morgan fingerprint density at radius 1 is 1.39 bits per heavy atom. The molecule has 6 nitrogen and oxygen atoms in total. The summed E-state index contributed by atoms with van der Waals surface area (Å²) in [7, 11) is 1.57. The highest BCUT2D eigenvalue weighted by atomic mass is 79.9. The normalized spacial score (nSPS) is 10.4. The van der Waals surface area contributed by atoms with Crippen molar-refractivity contribution in [3.63, 3.8) is 0 Å². The second-order valence-electron chi connectivity index (χ2n) is 4.85. The van der Waals surface area contributed by atoms with Gasteiger partial charge in [-0.05, 0) is 40.5 Å². The summed E-state index contributed by atoms with van der Waals surface area (Å²) < 4.78 is 14.7. The molecular formula is C15H16BrFN4O2. The summed E-state index contributed by atoms with van der Waals surface area (Å²) in [5.74, 6) is -0.761. The molecule has 1 amide bonds. The Hall–Kier alpha value is -2.22. The third-order valence-electron chi connectivity index (χ3n) is 3.12. The van der Waals surface area contributed by atoms with E-state index < -0.39 is 5.82 Å². The lowest BCUT2D eigenvalue weighted by molar-refractivity contribution is 0.0953. The third-order valence-corrected chi connectivity index (χ3v) is 3.89. The summed E-state index contributed by atoms with van der Waals surface area (Å²) in [5, 5.41) is 9.70. The van der Waals surface area contributed by atoms with E-state index in [4.69, 9.17) is 0 Å². The van der Waals surface area contributed by atoms with E-state index >= 15 is 0 Å². The van der Waals surface area contributed by atoms with E-state index in [1.165, 1.54) is 22.9 Å². The van der Waals surface area contributed by atoms with Gasteiger partial charge in [-0.15, -0.1) is 0 Å². The zero-order valence-corrected chi connectivity index (χ0v) is 14.1. The van der Waals surface area contributed by atoms with E-state index in [0.717, 1.165) is 0 Å². The highest BCUT2D eigenvalue weighted by molar-refractivity contribution is 9.10. The number of nitrogens with one attached hydrogen (secondary N) is 2. The van der Waals surface area contributed by atoms with Crippen LogP contribution in [0.25, 0.3) is 0 Å². The molecule has 8 heteroatoms. The predicted molar refractivity (Wildman–Crippen MR) is 89.0 cm³/mol. The topological polar surface area (TPSA) is 76.0 Å². The van der Waals surface area contributed by atoms with Crippen LogP contribution in [0, 0.1) is 5.82 Å². The maximum atomic E-state index is 13.0. The summed E-state index contributed by atoms with van der Waals surface area (Å²) in [6.07, 6.45) is 2.19. The molecule has 2 rings (SSSR count). The molecule has 23 heavy (non-hydrogen) atoms. The zero-order valence-electron chi connectivity index (χ0n) is 12.5. The lowest BCUT2D eigenvalue weighted by Gasteiger charge is -2.09. The first-order chi connectivity index (χ1) is 11.0. The van der Waals surface area contributed by atoms with Crippen LogP contribution in [-0.2, 0) is 7.05 Å². The van der Waals surface area contributed by atoms with Gasteiger partial charge in [0.1, 0.15) is 10.3 Å². The first kappa shape index (κ1) is 17.1. The molecular weight excluding hydrogens is 367 g/mol. The maximum absolute atomic E-state index is 13.0. The molecule has 0 fully saturated rings. The Bertz CT molecular complexity index is 763. The van der Waals surface area contributed by atoms with Gasteiger partial charge in [-0.3, -0.25) is 9.59 Å². The van der Waals surface area contributed by atoms with Crippen molar-refractivity contribution in [3.8, 4) is 0 Å². The van der Waals surface area contributed by atoms with E-state index in [0.29, 0.717) is 29.7 Å². The Balaban J connectivity index is 1.77. The summed E-state index contributed by atoms with van der Waals surface area (Å²) in [6, 6.07) is 5.53. The molecule has 0 aliphatic carbocycles. The standard InChI is InChI=1S/C15H16BrFN4O2/c1-21-15(23)13(16)12(9-20-21)18-6-3-7-19-14(22)10-4-2-5-11(17)8-10/h2,4-5,8-9,18H,3,6-7H2,1H3,(H,19,22). The number of hydrogen-bond acceptors (Lipinski definition) is 4. The Kier molecular flexibility index (Phi) is 5.86. The van der Waals surface area contributed by atoms with Crippen molar-refractivity contribution in [1.82, 2.24) is 15.1 Å². The van der Waals surface area contributed by atoms with Gasteiger partial charge in [-0.2, -0.15) is 5.10 Å². The molecule has 1 aromatic carbocycles. The van der Waals surface area contributed by atoms with E-state index in [-0.39, 0.29) is 17.0 Å². The average molecular weight is 383 g/mol. The number of aryl methyl sites for hydroxylation is 1. The molecule has 0 saturated carbocycles. The van der Waals surface area contributed by atoms with Gasteiger partial charge in [-0.25, -0.2) is 9.07 Å². The van der Waals surface area contributed by atoms with Crippen LogP contribution in [0.5, 0.6) is 0 Å². The van der Waals surface area contributed by atoms with Gasteiger partial charge in [0.05, 0.1) is 11.9 Å². The van der Waals surface area contributed by atoms with E-state index in [1.54, 1.807) is 19.3 Å². The van der Waals surface area contributed by atoms with Crippen LogP contribution in [0.1, 0.15) is 16.8 Å². The number of nitrogens with zero attached hydrogens (tertiary/aromatic N) is 2. The third kappa shape index (κ3) is 4.62. The minimum atomic E-state index is -0.442. The molecule has 2 N–H and O–H groups in total. The van der Waals surface area contributed by atoms with Crippen molar-refractivity contribution in [2.24, 2.45) is 7.05 Å². The summed E-state index contributed by atoms with van der Waals surface area (Å²) >= 11 is 3.22. The van der Waals surface area contributed by atoms with Crippen molar-refractivity contribution in [2.45, 2.75) is 6.42 Å². The molecule has 0 radical (unpaired) electrons. The molecule has 0 atom stereocenters. The van der Waals surface area contributed by atoms with Gasteiger partial charge in [0.15, 0.2) is 0 Å². The van der Waals surface area contributed by atoms with Crippen LogP contribution < -0.4 is 16.2 Å². The van der Waals surface area contributed by atoms with Crippen molar-refractivity contribution < 1.29 is 9.18 Å². The monoisotopic (exact) mass is 382 g/mol.